The van der Waals surface area contributed by atoms with E-state index < -0.39 is 6.10 Å². The van der Waals surface area contributed by atoms with Gasteiger partial charge < -0.3 is 14.2 Å². The van der Waals surface area contributed by atoms with E-state index >= 15 is 0 Å². The minimum Gasteiger partial charge on any atom is -0.462 e. The Bertz CT molecular complexity index is 1150. The van der Waals surface area contributed by atoms with E-state index in [2.05, 4.69) is 130 Å². The summed E-state index contributed by atoms with van der Waals surface area (Å²) in [6, 6.07) is 0. The van der Waals surface area contributed by atoms with Crippen molar-refractivity contribution in [2.45, 2.75) is 181 Å². The normalized spacial score (nSPS) is 13.3. The molecule has 0 spiro atoms. The number of hydrogen-bond acceptors (Lipinski definition) is 5. The molecule has 5 heteroatoms. The summed E-state index contributed by atoms with van der Waals surface area (Å²) in [5.74, 6) is -0.499. The third-order valence-corrected chi connectivity index (χ3v) is 8.80. The molecule has 0 aliphatic carbocycles. The fourth-order valence-electron chi connectivity index (χ4n) is 5.53. The van der Waals surface area contributed by atoms with Gasteiger partial charge in [0.1, 0.15) is 6.61 Å². The van der Waals surface area contributed by atoms with Crippen molar-refractivity contribution in [1.29, 1.82) is 0 Å². The summed E-state index contributed by atoms with van der Waals surface area (Å²) < 4.78 is 17.1. The van der Waals surface area contributed by atoms with Crippen molar-refractivity contribution >= 4 is 11.9 Å². The Morgan fingerprint density at radius 2 is 0.821 bits per heavy atom. The maximum Gasteiger partial charge on any atom is 0.306 e. The second-order valence-electron chi connectivity index (χ2n) is 14.2. The minimum atomic E-state index is -0.570. The van der Waals surface area contributed by atoms with Crippen molar-refractivity contribution < 1.29 is 23.8 Å². The summed E-state index contributed by atoms with van der Waals surface area (Å²) >= 11 is 0. The van der Waals surface area contributed by atoms with Crippen LogP contribution >= 0.6 is 0 Å². The third kappa shape index (κ3) is 43.3. The zero-order valence-corrected chi connectivity index (χ0v) is 36.1. The Morgan fingerprint density at radius 3 is 1.34 bits per heavy atom. The van der Waals surface area contributed by atoms with Crippen molar-refractivity contribution in [3.05, 3.63) is 109 Å². The Labute approximate surface area is 344 Å². The van der Waals surface area contributed by atoms with Crippen molar-refractivity contribution in [3.63, 3.8) is 0 Å². The smallest absolute Gasteiger partial charge is 0.306 e. The number of unbranched alkanes of at least 4 members (excludes halogenated alkanes) is 10. The monoisotopic (exact) mass is 775 g/mol. The molecular formula is C51H82O5. The zero-order valence-electron chi connectivity index (χ0n) is 36.1. The van der Waals surface area contributed by atoms with Crippen LogP contribution in [0.1, 0.15) is 175 Å². The van der Waals surface area contributed by atoms with E-state index in [4.69, 9.17) is 14.2 Å². The SMILES string of the molecule is CC/C=C\C/C=C\C/C=C\C/C=C\C/C=C\CCCC(=O)OCC(COCCCCCCC/C=C\C/C=C\C/C=C\C/C=C\CC)OC(=O)CCCCCCC. The van der Waals surface area contributed by atoms with Crippen molar-refractivity contribution in [2.75, 3.05) is 19.8 Å². The Hall–Kier alpha value is -3.44. The van der Waals surface area contributed by atoms with Crippen LogP contribution in [-0.2, 0) is 23.8 Å². The van der Waals surface area contributed by atoms with Crippen LogP contribution in [0.3, 0.4) is 0 Å². The molecule has 0 rings (SSSR count). The highest BCUT2D eigenvalue weighted by molar-refractivity contribution is 5.70. The molecule has 0 aliphatic rings. The van der Waals surface area contributed by atoms with Gasteiger partial charge in [-0.05, 0) is 96.3 Å². The lowest BCUT2D eigenvalue weighted by atomic mass is 10.1. The average Bonchev–Trinajstić information content (AvgIpc) is 3.20. The zero-order chi connectivity index (χ0) is 40.7. The number of rotatable bonds is 39. The number of carbonyl (C=O) groups excluding carboxylic acids is 2. The Kier molecular flexibility index (Phi) is 43.1. The lowest BCUT2D eigenvalue weighted by Gasteiger charge is -2.18. The van der Waals surface area contributed by atoms with E-state index in [1.165, 1.54) is 32.1 Å². The van der Waals surface area contributed by atoms with E-state index in [-0.39, 0.29) is 25.2 Å². The van der Waals surface area contributed by atoms with Crippen molar-refractivity contribution in [2.24, 2.45) is 0 Å². The first kappa shape index (κ1) is 52.6. The highest BCUT2D eigenvalue weighted by Gasteiger charge is 2.17. The molecule has 0 aromatic heterocycles. The van der Waals surface area contributed by atoms with Crippen LogP contribution in [0, 0.1) is 0 Å². The highest BCUT2D eigenvalue weighted by Crippen LogP contribution is 2.10. The summed E-state index contributed by atoms with van der Waals surface area (Å²) in [6.07, 6.45) is 62.6. The standard InChI is InChI=1S/C51H82O5/c1-4-7-10-13-15-17-19-21-23-25-27-29-31-33-35-37-40-43-46-54-47-49(56-51(53)45-42-38-12-9-6-3)48-55-50(52)44-41-39-36-34-32-30-28-26-24-22-20-18-16-14-11-8-5-2/h7-8,10-11,15-18,21-24,27-30,34,36,49H,4-6,9,12-14,19-20,25-26,31-33,35,37-48H2,1-3H3/b10-7-,11-8-,17-15-,18-16-,23-21-,24-22-,29-27-,30-28-,36-34-. The van der Waals surface area contributed by atoms with Gasteiger partial charge in [0, 0.05) is 19.4 Å². The molecule has 0 saturated heterocycles. The van der Waals surface area contributed by atoms with Gasteiger partial charge in [-0.3, -0.25) is 9.59 Å². The summed E-state index contributed by atoms with van der Waals surface area (Å²) in [5.41, 5.74) is 0. The van der Waals surface area contributed by atoms with Crippen LogP contribution in [-0.4, -0.2) is 37.9 Å². The van der Waals surface area contributed by atoms with Gasteiger partial charge in [-0.25, -0.2) is 0 Å². The minimum absolute atomic E-state index is 0.0410. The molecule has 0 aliphatic heterocycles. The Balaban J connectivity index is 4.22. The predicted molar refractivity (Wildman–Crippen MR) is 242 cm³/mol. The molecule has 1 unspecified atom stereocenters. The molecule has 0 amide bonds. The first-order valence-electron chi connectivity index (χ1n) is 22.4. The largest absolute Gasteiger partial charge is 0.462 e. The average molecular weight is 775 g/mol. The number of esters is 2. The molecular weight excluding hydrogens is 693 g/mol. The summed E-state index contributed by atoms with van der Waals surface area (Å²) in [6.45, 7) is 7.40. The van der Waals surface area contributed by atoms with Gasteiger partial charge in [-0.15, -0.1) is 0 Å². The fraction of sp³-hybridized carbons (Fsp3) is 0.608. The molecule has 0 radical (unpaired) electrons. The van der Waals surface area contributed by atoms with Gasteiger partial charge in [0.15, 0.2) is 6.10 Å². The van der Waals surface area contributed by atoms with Crippen molar-refractivity contribution in [1.82, 2.24) is 0 Å². The van der Waals surface area contributed by atoms with Crippen LogP contribution in [0.4, 0.5) is 0 Å². The van der Waals surface area contributed by atoms with Gasteiger partial charge in [0.25, 0.3) is 0 Å². The first-order valence-corrected chi connectivity index (χ1v) is 22.4. The van der Waals surface area contributed by atoms with E-state index in [1.54, 1.807) is 0 Å². The van der Waals surface area contributed by atoms with Gasteiger partial charge >= 0.3 is 11.9 Å². The second kappa shape index (κ2) is 45.9. The number of allylic oxidation sites excluding steroid dienone is 18. The van der Waals surface area contributed by atoms with Crippen molar-refractivity contribution in [3.8, 4) is 0 Å². The molecule has 0 fully saturated rings. The van der Waals surface area contributed by atoms with Crippen LogP contribution in [0.5, 0.6) is 0 Å². The molecule has 0 heterocycles. The Morgan fingerprint density at radius 1 is 0.411 bits per heavy atom. The van der Waals surface area contributed by atoms with E-state index in [0.29, 0.717) is 19.4 Å². The van der Waals surface area contributed by atoms with E-state index in [9.17, 15) is 9.59 Å². The molecule has 0 bridgehead atoms. The molecule has 1 atom stereocenters. The van der Waals surface area contributed by atoms with Crippen LogP contribution in [0.15, 0.2) is 109 Å². The van der Waals surface area contributed by atoms with Gasteiger partial charge in [-0.1, -0.05) is 175 Å². The van der Waals surface area contributed by atoms with Crippen LogP contribution in [0.2, 0.25) is 0 Å². The summed E-state index contributed by atoms with van der Waals surface area (Å²) in [5, 5.41) is 0. The molecule has 0 aromatic rings. The number of ether oxygens (including phenoxy) is 3. The predicted octanol–water partition coefficient (Wildman–Crippen LogP) is 14.9. The molecule has 0 aromatic carbocycles. The number of carbonyl (C=O) groups is 2. The van der Waals surface area contributed by atoms with Gasteiger partial charge in [0.05, 0.1) is 6.61 Å². The molecule has 0 N–H and O–H groups in total. The first-order chi connectivity index (χ1) is 27.6. The van der Waals surface area contributed by atoms with Crippen LogP contribution in [0.25, 0.3) is 0 Å². The lowest BCUT2D eigenvalue weighted by Crippen LogP contribution is -2.30. The van der Waals surface area contributed by atoms with Gasteiger partial charge in [-0.2, -0.15) is 0 Å². The number of hydrogen-bond donors (Lipinski definition) is 0. The lowest BCUT2D eigenvalue weighted by molar-refractivity contribution is -0.163. The van der Waals surface area contributed by atoms with E-state index in [1.807, 2.05) is 0 Å². The van der Waals surface area contributed by atoms with Crippen LogP contribution < -0.4 is 0 Å². The fourth-order valence-corrected chi connectivity index (χ4v) is 5.53. The molecule has 56 heavy (non-hydrogen) atoms. The topological polar surface area (TPSA) is 61.8 Å². The molecule has 316 valence electrons. The van der Waals surface area contributed by atoms with E-state index in [0.717, 1.165) is 109 Å². The summed E-state index contributed by atoms with van der Waals surface area (Å²) in [4.78, 5) is 25.0. The maximum atomic E-state index is 12.5. The molecule has 5 nitrogen and oxygen atoms in total. The quantitative estimate of drug-likeness (QED) is 0.0354. The van der Waals surface area contributed by atoms with Gasteiger partial charge in [0.2, 0.25) is 0 Å². The summed E-state index contributed by atoms with van der Waals surface area (Å²) in [7, 11) is 0. The maximum absolute atomic E-state index is 12.5. The second-order valence-corrected chi connectivity index (χ2v) is 14.2. The molecule has 0 saturated carbocycles. The highest BCUT2D eigenvalue weighted by atomic mass is 16.6. The third-order valence-electron chi connectivity index (χ3n) is 8.80.